The average molecular weight is 389 g/mol. The lowest BCUT2D eigenvalue weighted by molar-refractivity contribution is 0.476. The molecule has 0 amide bonds. The first kappa shape index (κ1) is 20.9. The van der Waals surface area contributed by atoms with Gasteiger partial charge in [0, 0.05) is 20.1 Å². The summed E-state index contributed by atoms with van der Waals surface area (Å²) >= 11 is 0. The van der Waals surface area contributed by atoms with Crippen molar-refractivity contribution in [2.45, 2.75) is 38.3 Å². The molecule has 2 aromatic carbocycles. The van der Waals surface area contributed by atoms with Gasteiger partial charge in [0.2, 0.25) is 10.0 Å². The van der Waals surface area contributed by atoms with Gasteiger partial charge in [0.25, 0.3) is 0 Å². The minimum Gasteiger partial charge on any atom is -0.357 e. The molecule has 146 valence electrons. The number of hydrogen-bond acceptors (Lipinski definition) is 3. The molecule has 6 nitrogen and oxygen atoms in total. The summed E-state index contributed by atoms with van der Waals surface area (Å²) < 4.78 is 23.0. The summed E-state index contributed by atoms with van der Waals surface area (Å²) in [5.41, 5.74) is 3.31. The van der Waals surface area contributed by atoms with Crippen molar-refractivity contribution in [2.75, 3.05) is 13.6 Å². The molecule has 0 saturated heterocycles. The van der Waals surface area contributed by atoms with E-state index in [2.05, 4.69) is 41.5 Å². The van der Waals surface area contributed by atoms with Crippen LogP contribution in [0.5, 0.6) is 0 Å². The Labute approximate surface area is 162 Å². The number of guanidine groups is 1. The third kappa shape index (κ3) is 6.37. The lowest BCUT2D eigenvalue weighted by Gasteiger charge is -2.22. The fourth-order valence-corrected chi connectivity index (χ4v) is 3.27. The zero-order valence-corrected chi connectivity index (χ0v) is 17.0. The van der Waals surface area contributed by atoms with Gasteiger partial charge in [-0.05, 0) is 42.2 Å². The lowest BCUT2D eigenvalue weighted by atomic mass is 10.1. The Kier molecular flexibility index (Phi) is 7.38. The van der Waals surface area contributed by atoms with Crippen LogP contribution >= 0.6 is 0 Å². The van der Waals surface area contributed by atoms with Crippen molar-refractivity contribution in [3.8, 4) is 0 Å². The fourth-order valence-electron chi connectivity index (χ4n) is 2.69. The molecule has 27 heavy (non-hydrogen) atoms. The fraction of sp³-hybridized carbons (Fsp3) is 0.350. The van der Waals surface area contributed by atoms with Crippen LogP contribution in [0.25, 0.3) is 0 Å². The number of aryl methyl sites for hydroxylation is 1. The van der Waals surface area contributed by atoms with Gasteiger partial charge < -0.3 is 10.2 Å². The van der Waals surface area contributed by atoms with E-state index in [9.17, 15) is 8.42 Å². The van der Waals surface area contributed by atoms with E-state index in [1.807, 2.05) is 24.9 Å². The van der Waals surface area contributed by atoms with E-state index in [4.69, 9.17) is 5.14 Å². The third-order valence-corrected chi connectivity index (χ3v) is 5.10. The number of aliphatic imine (C=N–C) groups is 1. The Balaban J connectivity index is 2.12. The molecule has 0 heterocycles. The maximum absolute atomic E-state index is 11.5. The Morgan fingerprint density at radius 2 is 1.74 bits per heavy atom. The molecule has 2 rings (SSSR count). The molecule has 0 unspecified atom stereocenters. The van der Waals surface area contributed by atoms with Crippen molar-refractivity contribution in [3.05, 3.63) is 65.2 Å². The summed E-state index contributed by atoms with van der Waals surface area (Å²) in [6.45, 7) is 6.00. The first-order valence-electron chi connectivity index (χ1n) is 9.02. The van der Waals surface area contributed by atoms with Crippen molar-refractivity contribution in [3.63, 3.8) is 0 Å². The molecule has 0 radical (unpaired) electrons. The Hall–Kier alpha value is -2.38. The van der Waals surface area contributed by atoms with Crippen LogP contribution in [-0.4, -0.2) is 32.9 Å². The molecule has 0 atom stereocenters. The number of nitrogens with zero attached hydrogens (tertiary/aromatic N) is 2. The minimum atomic E-state index is -3.71. The molecule has 0 aliphatic heterocycles. The van der Waals surface area contributed by atoms with Crippen LogP contribution in [0.2, 0.25) is 0 Å². The standard InChI is InChI=1S/C20H28N4O2S/c1-4-16-9-11-17(12-10-16)15-24(3)20(22-5-2)23-14-18-7-6-8-19(13-18)27(21,25)26/h6-13H,4-5,14-15H2,1-3H3,(H,22,23)(H2,21,25,26). The summed E-state index contributed by atoms with van der Waals surface area (Å²) in [7, 11) is -1.73. The van der Waals surface area contributed by atoms with Crippen LogP contribution in [0.4, 0.5) is 0 Å². The predicted octanol–water partition coefficient (Wildman–Crippen LogP) is 2.49. The van der Waals surface area contributed by atoms with Gasteiger partial charge in [-0.15, -0.1) is 0 Å². The smallest absolute Gasteiger partial charge is 0.238 e. The minimum absolute atomic E-state index is 0.101. The van der Waals surface area contributed by atoms with Crippen LogP contribution in [0.1, 0.15) is 30.5 Å². The lowest BCUT2D eigenvalue weighted by Crippen LogP contribution is -2.38. The number of hydrogen-bond donors (Lipinski definition) is 2. The summed E-state index contributed by atoms with van der Waals surface area (Å²) in [5.74, 6) is 0.762. The highest BCUT2D eigenvalue weighted by atomic mass is 32.2. The summed E-state index contributed by atoms with van der Waals surface area (Å²) in [6.07, 6.45) is 1.03. The Bertz CT molecular complexity index is 877. The molecule has 0 aliphatic carbocycles. The topological polar surface area (TPSA) is 87.8 Å². The first-order valence-corrected chi connectivity index (χ1v) is 10.6. The summed E-state index contributed by atoms with van der Waals surface area (Å²) in [4.78, 5) is 6.78. The van der Waals surface area contributed by atoms with Gasteiger partial charge in [0.05, 0.1) is 11.4 Å². The quantitative estimate of drug-likeness (QED) is 0.563. The van der Waals surface area contributed by atoms with Crippen molar-refractivity contribution in [2.24, 2.45) is 10.1 Å². The van der Waals surface area contributed by atoms with Crippen LogP contribution in [-0.2, 0) is 29.5 Å². The average Bonchev–Trinajstić information content (AvgIpc) is 2.65. The van der Waals surface area contributed by atoms with E-state index in [1.54, 1.807) is 12.1 Å². The van der Waals surface area contributed by atoms with E-state index < -0.39 is 10.0 Å². The number of rotatable bonds is 7. The van der Waals surface area contributed by atoms with E-state index >= 15 is 0 Å². The molecule has 0 aromatic heterocycles. The van der Waals surface area contributed by atoms with Gasteiger partial charge in [-0.3, -0.25) is 0 Å². The molecule has 0 fully saturated rings. The SMILES string of the molecule is CCNC(=NCc1cccc(S(N)(=O)=O)c1)N(C)Cc1ccc(CC)cc1. The number of primary sulfonamides is 1. The molecule has 0 aliphatic rings. The second-order valence-corrected chi connectivity index (χ2v) is 7.95. The second-order valence-electron chi connectivity index (χ2n) is 6.39. The van der Waals surface area contributed by atoms with Crippen molar-refractivity contribution in [1.82, 2.24) is 10.2 Å². The van der Waals surface area contributed by atoms with Crippen molar-refractivity contribution in [1.29, 1.82) is 0 Å². The number of nitrogens with one attached hydrogen (secondary N) is 1. The maximum Gasteiger partial charge on any atom is 0.238 e. The second kappa shape index (κ2) is 9.53. The summed E-state index contributed by atoms with van der Waals surface area (Å²) in [5, 5.41) is 8.47. The van der Waals surface area contributed by atoms with Crippen LogP contribution in [0.15, 0.2) is 58.4 Å². The highest BCUT2D eigenvalue weighted by Gasteiger charge is 2.09. The zero-order chi connectivity index (χ0) is 19.9. The molecule has 7 heteroatoms. The van der Waals surface area contributed by atoms with E-state index in [1.165, 1.54) is 17.2 Å². The van der Waals surface area contributed by atoms with Crippen molar-refractivity contribution < 1.29 is 8.42 Å². The predicted molar refractivity (Wildman–Crippen MR) is 110 cm³/mol. The molecule has 0 saturated carbocycles. The molecular formula is C20H28N4O2S. The van der Waals surface area contributed by atoms with Gasteiger partial charge in [0.1, 0.15) is 0 Å². The van der Waals surface area contributed by atoms with Gasteiger partial charge in [0.15, 0.2) is 5.96 Å². The van der Waals surface area contributed by atoms with Gasteiger partial charge >= 0.3 is 0 Å². The number of sulfonamides is 1. The van der Waals surface area contributed by atoms with Gasteiger partial charge in [-0.25, -0.2) is 18.5 Å². The molecular weight excluding hydrogens is 360 g/mol. The third-order valence-electron chi connectivity index (χ3n) is 4.19. The summed E-state index contributed by atoms with van der Waals surface area (Å²) in [6, 6.07) is 15.1. The normalized spacial score (nSPS) is 12.1. The van der Waals surface area contributed by atoms with Crippen LogP contribution in [0.3, 0.4) is 0 Å². The number of benzene rings is 2. The maximum atomic E-state index is 11.5. The van der Waals surface area contributed by atoms with Crippen LogP contribution < -0.4 is 10.5 Å². The van der Waals surface area contributed by atoms with Gasteiger partial charge in [-0.2, -0.15) is 0 Å². The zero-order valence-electron chi connectivity index (χ0n) is 16.1. The first-order chi connectivity index (χ1) is 12.8. The van der Waals surface area contributed by atoms with E-state index in [-0.39, 0.29) is 4.90 Å². The van der Waals surface area contributed by atoms with Crippen molar-refractivity contribution >= 4 is 16.0 Å². The van der Waals surface area contributed by atoms with Crippen LogP contribution in [0, 0.1) is 0 Å². The van der Waals surface area contributed by atoms with Gasteiger partial charge in [-0.1, -0.05) is 43.3 Å². The molecule has 2 aromatic rings. The van der Waals surface area contributed by atoms with E-state index in [0.717, 1.165) is 31.0 Å². The Morgan fingerprint density at radius 3 is 2.33 bits per heavy atom. The van der Waals surface area contributed by atoms with E-state index in [0.29, 0.717) is 6.54 Å². The Morgan fingerprint density at radius 1 is 1.07 bits per heavy atom. The molecule has 0 bridgehead atoms. The largest absolute Gasteiger partial charge is 0.357 e. The highest BCUT2D eigenvalue weighted by Crippen LogP contribution is 2.12. The monoisotopic (exact) mass is 388 g/mol. The highest BCUT2D eigenvalue weighted by molar-refractivity contribution is 7.89. The molecule has 3 N–H and O–H groups in total. The molecule has 0 spiro atoms. The number of nitrogens with two attached hydrogens (primary N) is 1.